The van der Waals surface area contributed by atoms with Crippen molar-refractivity contribution in [1.29, 1.82) is 5.26 Å². The molecule has 1 saturated heterocycles. The molecular weight excluding hydrogens is 310 g/mol. The summed E-state index contributed by atoms with van der Waals surface area (Å²) in [5.41, 5.74) is -0.565. The first-order valence-corrected chi connectivity index (χ1v) is 8.56. The molecule has 0 radical (unpaired) electrons. The standard InChI is InChI=1S/C16H23N5O3/c1-2-24-15(23)21-9-7-20(8-10-21)14-18-13(22)12(11-17)16(19-14)5-3-4-6-16/h12H,2-10H2,1H3,(H,18,19,22)/t12-/m0/s1. The van der Waals surface area contributed by atoms with Gasteiger partial charge in [-0.3, -0.25) is 10.1 Å². The minimum absolute atomic E-state index is 0.253. The molecule has 24 heavy (non-hydrogen) atoms. The van der Waals surface area contributed by atoms with Crippen molar-refractivity contribution in [3.8, 4) is 6.07 Å². The molecule has 1 saturated carbocycles. The molecule has 2 fully saturated rings. The molecule has 1 N–H and O–H groups in total. The number of amides is 2. The zero-order valence-corrected chi connectivity index (χ0v) is 14.0. The molecule has 0 aromatic rings. The third kappa shape index (κ3) is 2.90. The van der Waals surface area contributed by atoms with E-state index in [9.17, 15) is 14.9 Å². The van der Waals surface area contributed by atoms with Crippen LogP contribution >= 0.6 is 0 Å². The predicted octanol–water partition coefficient (Wildman–Crippen LogP) is 0.699. The van der Waals surface area contributed by atoms with E-state index in [4.69, 9.17) is 9.73 Å². The van der Waals surface area contributed by atoms with E-state index in [1.807, 2.05) is 4.90 Å². The summed E-state index contributed by atoms with van der Waals surface area (Å²) in [4.78, 5) is 32.6. The van der Waals surface area contributed by atoms with Gasteiger partial charge in [-0.15, -0.1) is 0 Å². The van der Waals surface area contributed by atoms with Gasteiger partial charge in [0.25, 0.3) is 0 Å². The van der Waals surface area contributed by atoms with Gasteiger partial charge in [0.2, 0.25) is 11.9 Å². The Kier molecular flexibility index (Phi) is 4.60. The van der Waals surface area contributed by atoms with Crippen molar-refractivity contribution in [2.75, 3.05) is 32.8 Å². The molecule has 1 atom stereocenters. The maximum absolute atomic E-state index is 12.4. The second kappa shape index (κ2) is 6.67. The van der Waals surface area contributed by atoms with Crippen molar-refractivity contribution in [2.45, 2.75) is 38.1 Å². The fourth-order valence-corrected chi connectivity index (χ4v) is 3.76. The third-order valence-corrected chi connectivity index (χ3v) is 5.07. The summed E-state index contributed by atoms with van der Waals surface area (Å²) in [6.07, 6.45) is 3.26. The van der Waals surface area contributed by atoms with Crippen molar-refractivity contribution >= 4 is 18.0 Å². The zero-order chi connectivity index (χ0) is 17.2. The molecule has 130 valence electrons. The molecule has 2 aliphatic heterocycles. The second-order valence-electron chi connectivity index (χ2n) is 6.47. The van der Waals surface area contributed by atoms with Gasteiger partial charge >= 0.3 is 6.09 Å². The molecule has 0 aromatic carbocycles. The van der Waals surface area contributed by atoms with Crippen molar-refractivity contribution in [3.63, 3.8) is 0 Å². The Balaban J connectivity index is 1.71. The van der Waals surface area contributed by atoms with E-state index in [-0.39, 0.29) is 12.0 Å². The number of guanidine groups is 1. The van der Waals surface area contributed by atoms with Gasteiger partial charge in [0.1, 0.15) is 0 Å². The molecule has 3 aliphatic rings. The predicted molar refractivity (Wildman–Crippen MR) is 86.0 cm³/mol. The lowest BCUT2D eigenvalue weighted by Gasteiger charge is -2.40. The van der Waals surface area contributed by atoms with Crippen LogP contribution in [0.2, 0.25) is 0 Å². The molecule has 8 nitrogen and oxygen atoms in total. The zero-order valence-electron chi connectivity index (χ0n) is 14.0. The molecular formula is C16H23N5O3. The number of piperazine rings is 1. The van der Waals surface area contributed by atoms with E-state index in [0.717, 1.165) is 25.7 Å². The topological polar surface area (TPSA) is 98.0 Å². The Morgan fingerprint density at radius 1 is 1.38 bits per heavy atom. The Hall–Kier alpha value is -2.30. The number of carbonyl (C=O) groups is 2. The molecule has 0 bridgehead atoms. The summed E-state index contributed by atoms with van der Waals surface area (Å²) >= 11 is 0. The van der Waals surface area contributed by atoms with Crippen LogP contribution in [0.1, 0.15) is 32.6 Å². The minimum Gasteiger partial charge on any atom is -0.450 e. The quantitative estimate of drug-likeness (QED) is 0.761. The lowest BCUT2D eigenvalue weighted by molar-refractivity contribution is -0.124. The van der Waals surface area contributed by atoms with Crippen molar-refractivity contribution in [2.24, 2.45) is 10.9 Å². The maximum atomic E-state index is 12.4. The maximum Gasteiger partial charge on any atom is 0.409 e. The van der Waals surface area contributed by atoms with E-state index in [1.165, 1.54) is 0 Å². The number of nitrogens with one attached hydrogen (secondary N) is 1. The average Bonchev–Trinajstić information content (AvgIpc) is 3.03. The average molecular weight is 333 g/mol. The third-order valence-electron chi connectivity index (χ3n) is 5.07. The van der Waals surface area contributed by atoms with E-state index >= 15 is 0 Å². The smallest absolute Gasteiger partial charge is 0.409 e. The van der Waals surface area contributed by atoms with Crippen LogP contribution in [0.15, 0.2) is 4.99 Å². The molecule has 1 spiro atoms. The Morgan fingerprint density at radius 2 is 2.04 bits per heavy atom. The lowest BCUT2D eigenvalue weighted by atomic mass is 9.82. The van der Waals surface area contributed by atoms with Crippen LogP contribution in [0, 0.1) is 17.2 Å². The highest BCUT2D eigenvalue weighted by atomic mass is 16.6. The SMILES string of the molecule is CCOC(=O)N1CCN(C2=NC3(CCCC3)[C@@H](C#N)C(=O)N2)CC1. The summed E-state index contributed by atoms with van der Waals surface area (Å²) in [6, 6.07) is 2.14. The van der Waals surface area contributed by atoms with Crippen LogP contribution in [0.25, 0.3) is 0 Å². The first kappa shape index (κ1) is 16.6. The highest BCUT2D eigenvalue weighted by molar-refractivity contribution is 6.02. The van der Waals surface area contributed by atoms with Gasteiger partial charge in [0, 0.05) is 26.2 Å². The monoisotopic (exact) mass is 333 g/mol. The summed E-state index contributed by atoms with van der Waals surface area (Å²) in [7, 11) is 0. The van der Waals surface area contributed by atoms with Crippen LogP contribution in [0.3, 0.4) is 0 Å². The molecule has 8 heteroatoms. The number of nitrogens with zero attached hydrogens (tertiary/aromatic N) is 4. The van der Waals surface area contributed by atoms with Gasteiger partial charge in [0.15, 0.2) is 5.92 Å². The van der Waals surface area contributed by atoms with E-state index in [1.54, 1.807) is 11.8 Å². The lowest BCUT2D eigenvalue weighted by Crippen LogP contribution is -2.60. The number of hydrogen-bond acceptors (Lipinski definition) is 6. The van der Waals surface area contributed by atoms with Crippen LogP contribution in [0.5, 0.6) is 0 Å². The summed E-state index contributed by atoms with van der Waals surface area (Å²) in [5, 5.41) is 12.2. The van der Waals surface area contributed by atoms with Gasteiger partial charge in [-0.25, -0.2) is 9.79 Å². The summed E-state index contributed by atoms with van der Waals surface area (Å²) in [5.74, 6) is -0.404. The number of ether oxygens (including phenoxy) is 1. The summed E-state index contributed by atoms with van der Waals surface area (Å²) in [6.45, 7) is 4.38. The van der Waals surface area contributed by atoms with Crippen LogP contribution < -0.4 is 5.32 Å². The number of aliphatic imine (C=N–C) groups is 1. The van der Waals surface area contributed by atoms with Crippen molar-refractivity contribution in [3.05, 3.63) is 0 Å². The molecule has 2 amide bonds. The Bertz CT molecular complexity index is 583. The van der Waals surface area contributed by atoms with E-state index < -0.39 is 11.5 Å². The first-order chi connectivity index (χ1) is 11.6. The number of carbonyl (C=O) groups excluding carboxylic acids is 2. The summed E-state index contributed by atoms with van der Waals surface area (Å²) < 4.78 is 5.02. The van der Waals surface area contributed by atoms with Crippen LogP contribution in [-0.2, 0) is 9.53 Å². The Labute approximate surface area is 141 Å². The van der Waals surface area contributed by atoms with Gasteiger partial charge in [-0.2, -0.15) is 5.26 Å². The van der Waals surface area contributed by atoms with E-state index in [2.05, 4.69) is 11.4 Å². The number of nitriles is 1. The van der Waals surface area contributed by atoms with Crippen molar-refractivity contribution < 1.29 is 14.3 Å². The van der Waals surface area contributed by atoms with Gasteiger partial charge in [-0.1, -0.05) is 12.8 Å². The highest BCUT2D eigenvalue weighted by Crippen LogP contribution is 2.41. The Morgan fingerprint density at radius 3 is 2.62 bits per heavy atom. The molecule has 0 unspecified atom stereocenters. The van der Waals surface area contributed by atoms with Crippen LogP contribution in [0.4, 0.5) is 4.79 Å². The molecule has 0 aromatic heterocycles. The second-order valence-corrected chi connectivity index (χ2v) is 6.47. The largest absolute Gasteiger partial charge is 0.450 e. The fraction of sp³-hybridized carbons (Fsp3) is 0.750. The fourth-order valence-electron chi connectivity index (χ4n) is 3.76. The first-order valence-electron chi connectivity index (χ1n) is 8.56. The normalized spacial score (nSPS) is 25.9. The number of rotatable bonds is 1. The highest BCUT2D eigenvalue weighted by Gasteiger charge is 2.49. The van der Waals surface area contributed by atoms with Gasteiger partial charge in [0.05, 0.1) is 18.2 Å². The van der Waals surface area contributed by atoms with Gasteiger partial charge < -0.3 is 14.5 Å². The van der Waals surface area contributed by atoms with E-state index in [0.29, 0.717) is 38.7 Å². The van der Waals surface area contributed by atoms with Gasteiger partial charge in [-0.05, 0) is 19.8 Å². The number of hydrogen-bond donors (Lipinski definition) is 1. The minimum atomic E-state index is -0.704. The van der Waals surface area contributed by atoms with Crippen molar-refractivity contribution in [1.82, 2.24) is 15.1 Å². The molecule has 3 rings (SSSR count). The molecule has 2 heterocycles. The van der Waals surface area contributed by atoms with Crippen LogP contribution in [-0.4, -0.2) is 66.1 Å². The molecule has 1 aliphatic carbocycles.